The third kappa shape index (κ3) is 6.04. The largest absolute Gasteiger partial charge is 0.355 e. The zero-order valence-electron chi connectivity index (χ0n) is 14.8. The molecule has 0 aliphatic rings. The van der Waals surface area contributed by atoms with Gasteiger partial charge in [0.15, 0.2) is 5.96 Å². The van der Waals surface area contributed by atoms with Crippen LogP contribution in [-0.2, 0) is 6.54 Å². The van der Waals surface area contributed by atoms with E-state index in [4.69, 9.17) is 11.6 Å². The monoisotopic (exact) mass is 376 g/mol. The van der Waals surface area contributed by atoms with Gasteiger partial charge in [0.25, 0.3) is 5.91 Å². The van der Waals surface area contributed by atoms with Crippen LogP contribution in [0.15, 0.2) is 47.5 Å². The number of halogens is 2. The number of nitrogens with zero attached hydrogens (tertiary/aromatic N) is 1. The molecule has 0 aromatic heterocycles. The lowest BCUT2D eigenvalue weighted by Crippen LogP contribution is -2.41. The Hall–Kier alpha value is -2.60. The van der Waals surface area contributed by atoms with E-state index in [-0.39, 0.29) is 11.7 Å². The van der Waals surface area contributed by atoms with Crippen LogP contribution in [0, 0.1) is 12.7 Å². The predicted molar refractivity (Wildman–Crippen MR) is 103 cm³/mol. The summed E-state index contributed by atoms with van der Waals surface area (Å²) in [5.74, 6) is -0.0884. The maximum absolute atomic E-state index is 13.5. The summed E-state index contributed by atoms with van der Waals surface area (Å²) in [4.78, 5) is 16.1. The molecule has 26 heavy (non-hydrogen) atoms. The molecular weight excluding hydrogens is 355 g/mol. The van der Waals surface area contributed by atoms with E-state index in [2.05, 4.69) is 20.9 Å². The number of amides is 1. The molecule has 7 heteroatoms. The smallest absolute Gasteiger partial charge is 0.251 e. The lowest BCUT2D eigenvalue weighted by molar-refractivity contribution is 0.0954. The zero-order valence-corrected chi connectivity index (χ0v) is 15.5. The van der Waals surface area contributed by atoms with Crippen molar-refractivity contribution in [3.63, 3.8) is 0 Å². The van der Waals surface area contributed by atoms with Gasteiger partial charge in [0.1, 0.15) is 5.82 Å². The Morgan fingerprint density at radius 2 is 1.88 bits per heavy atom. The molecule has 0 atom stereocenters. The van der Waals surface area contributed by atoms with E-state index in [1.54, 1.807) is 26.1 Å². The van der Waals surface area contributed by atoms with E-state index in [0.29, 0.717) is 41.7 Å². The van der Waals surface area contributed by atoms with E-state index in [1.807, 2.05) is 24.3 Å². The van der Waals surface area contributed by atoms with Crippen LogP contribution in [0.25, 0.3) is 0 Å². The quantitative estimate of drug-likeness (QED) is 0.412. The summed E-state index contributed by atoms with van der Waals surface area (Å²) in [6.45, 7) is 3.10. The number of carbonyl (C=O) groups excluding carboxylic acids is 1. The molecule has 0 fully saturated rings. The van der Waals surface area contributed by atoms with E-state index in [0.717, 1.165) is 5.56 Å². The molecule has 0 radical (unpaired) electrons. The molecule has 0 aliphatic heterocycles. The molecule has 2 rings (SSSR count). The van der Waals surface area contributed by atoms with Crippen molar-refractivity contribution >= 4 is 23.5 Å². The molecule has 0 heterocycles. The Labute approximate surface area is 157 Å². The highest BCUT2D eigenvalue weighted by atomic mass is 35.5. The van der Waals surface area contributed by atoms with Crippen molar-refractivity contribution in [3.05, 3.63) is 70.0 Å². The summed E-state index contributed by atoms with van der Waals surface area (Å²) >= 11 is 5.96. The topological polar surface area (TPSA) is 65.5 Å². The molecule has 0 unspecified atom stereocenters. The Kier molecular flexibility index (Phi) is 7.41. The van der Waals surface area contributed by atoms with Crippen molar-refractivity contribution in [1.29, 1.82) is 0 Å². The first-order valence-electron chi connectivity index (χ1n) is 8.23. The van der Waals surface area contributed by atoms with Gasteiger partial charge in [0.2, 0.25) is 0 Å². The van der Waals surface area contributed by atoms with Crippen molar-refractivity contribution in [3.8, 4) is 0 Å². The van der Waals surface area contributed by atoms with Crippen molar-refractivity contribution in [1.82, 2.24) is 16.0 Å². The summed E-state index contributed by atoms with van der Waals surface area (Å²) in [7, 11) is 1.67. The van der Waals surface area contributed by atoms with E-state index >= 15 is 0 Å². The molecule has 0 saturated carbocycles. The van der Waals surface area contributed by atoms with Gasteiger partial charge in [-0.1, -0.05) is 29.8 Å². The van der Waals surface area contributed by atoms with Gasteiger partial charge in [-0.3, -0.25) is 9.79 Å². The lowest BCUT2D eigenvalue weighted by Gasteiger charge is -2.12. The Morgan fingerprint density at radius 1 is 1.12 bits per heavy atom. The molecule has 3 N–H and O–H groups in total. The van der Waals surface area contributed by atoms with Crippen LogP contribution in [0.3, 0.4) is 0 Å². The number of hydrogen-bond acceptors (Lipinski definition) is 2. The maximum atomic E-state index is 13.5. The Balaban J connectivity index is 1.73. The fraction of sp³-hybridized carbons (Fsp3) is 0.263. The summed E-state index contributed by atoms with van der Waals surface area (Å²) in [5.41, 5.74) is 1.85. The van der Waals surface area contributed by atoms with Gasteiger partial charge >= 0.3 is 0 Å². The standard InChI is InChI=1S/C19H22ClFN4O/c1-13-6-7-15(11-17(13)21)18(26)23-8-9-24-19(22-2)25-12-14-4-3-5-16(20)10-14/h3-7,10-11H,8-9,12H2,1-2H3,(H,23,26)(H2,22,24,25). The number of rotatable bonds is 6. The van der Waals surface area contributed by atoms with Crippen LogP contribution in [0.5, 0.6) is 0 Å². The minimum atomic E-state index is -0.388. The zero-order chi connectivity index (χ0) is 18.9. The normalized spacial score (nSPS) is 11.2. The van der Waals surface area contributed by atoms with E-state index in [9.17, 15) is 9.18 Å². The maximum Gasteiger partial charge on any atom is 0.251 e. The van der Waals surface area contributed by atoms with Crippen molar-refractivity contribution in [2.24, 2.45) is 4.99 Å². The van der Waals surface area contributed by atoms with Gasteiger partial charge in [-0.2, -0.15) is 0 Å². The predicted octanol–water partition coefficient (Wildman–Crippen LogP) is 2.88. The second-order valence-corrected chi connectivity index (χ2v) is 6.14. The minimum Gasteiger partial charge on any atom is -0.355 e. The first kappa shape index (κ1) is 19.7. The Bertz CT molecular complexity index is 795. The number of nitrogens with one attached hydrogen (secondary N) is 3. The number of guanidine groups is 1. The highest BCUT2D eigenvalue weighted by Gasteiger charge is 2.07. The van der Waals surface area contributed by atoms with Crippen LogP contribution in [0.1, 0.15) is 21.5 Å². The van der Waals surface area contributed by atoms with E-state index in [1.165, 1.54) is 6.07 Å². The third-order valence-corrected chi connectivity index (χ3v) is 3.94. The van der Waals surface area contributed by atoms with Crippen molar-refractivity contribution in [2.75, 3.05) is 20.1 Å². The Morgan fingerprint density at radius 3 is 2.58 bits per heavy atom. The third-order valence-electron chi connectivity index (χ3n) is 3.71. The molecule has 2 aromatic carbocycles. The summed E-state index contributed by atoms with van der Waals surface area (Å²) in [6, 6.07) is 12.0. The molecule has 1 amide bonds. The average molecular weight is 377 g/mol. The lowest BCUT2D eigenvalue weighted by atomic mass is 10.1. The molecule has 0 bridgehead atoms. The first-order chi connectivity index (χ1) is 12.5. The summed E-state index contributed by atoms with van der Waals surface area (Å²) in [5, 5.41) is 9.68. The highest BCUT2D eigenvalue weighted by Crippen LogP contribution is 2.10. The van der Waals surface area contributed by atoms with Gasteiger partial charge in [-0.15, -0.1) is 0 Å². The molecule has 2 aromatic rings. The van der Waals surface area contributed by atoms with Crippen molar-refractivity contribution < 1.29 is 9.18 Å². The molecule has 138 valence electrons. The van der Waals surface area contributed by atoms with Crippen molar-refractivity contribution in [2.45, 2.75) is 13.5 Å². The van der Waals surface area contributed by atoms with E-state index < -0.39 is 0 Å². The van der Waals surface area contributed by atoms with Gasteiger partial charge in [-0.25, -0.2) is 4.39 Å². The summed E-state index contributed by atoms with van der Waals surface area (Å²) < 4.78 is 13.5. The number of aryl methyl sites for hydroxylation is 1. The fourth-order valence-corrected chi connectivity index (χ4v) is 2.46. The fourth-order valence-electron chi connectivity index (χ4n) is 2.25. The van der Waals surface area contributed by atoms with Gasteiger partial charge in [0, 0.05) is 37.3 Å². The molecule has 5 nitrogen and oxygen atoms in total. The molecular formula is C19H22ClFN4O. The number of carbonyl (C=O) groups is 1. The van der Waals surface area contributed by atoms with Crippen LogP contribution in [0.2, 0.25) is 5.02 Å². The highest BCUT2D eigenvalue weighted by molar-refractivity contribution is 6.30. The van der Waals surface area contributed by atoms with Crippen LogP contribution in [-0.4, -0.2) is 32.0 Å². The first-order valence-corrected chi connectivity index (χ1v) is 8.60. The van der Waals surface area contributed by atoms with Crippen LogP contribution >= 0.6 is 11.6 Å². The number of benzene rings is 2. The molecule has 0 spiro atoms. The van der Waals surface area contributed by atoms with Crippen LogP contribution < -0.4 is 16.0 Å². The van der Waals surface area contributed by atoms with Gasteiger partial charge in [0.05, 0.1) is 0 Å². The molecule has 0 aliphatic carbocycles. The van der Waals surface area contributed by atoms with Crippen LogP contribution in [0.4, 0.5) is 4.39 Å². The van der Waals surface area contributed by atoms with Gasteiger partial charge in [-0.05, 0) is 42.3 Å². The minimum absolute atomic E-state index is 0.302. The number of hydrogen-bond donors (Lipinski definition) is 3. The second-order valence-electron chi connectivity index (χ2n) is 5.70. The number of aliphatic imine (C=N–C) groups is 1. The second kappa shape index (κ2) is 9.77. The summed E-state index contributed by atoms with van der Waals surface area (Å²) in [6.07, 6.45) is 0. The molecule has 0 saturated heterocycles. The average Bonchev–Trinajstić information content (AvgIpc) is 2.63. The van der Waals surface area contributed by atoms with Gasteiger partial charge < -0.3 is 16.0 Å². The SMILES string of the molecule is CN=C(NCCNC(=O)c1ccc(C)c(F)c1)NCc1cccc(Cl)c1.